The standard InChI is InChI=1S/C19H15NO3S/c21-16-9-4-10-17-20(16)18(19(22)23)15(24-17)11-13-7-3-6-12-5-1-2-8-14(12)13/h1-10,15,18H,11H2,(H,22,23). The Labute approximate surface area is 142 Å². The number of benzene rings is 2. The van der Waals surface area contributed by atoms with Crippen LogP contribution < -0.4 is 5.56 Å². The summed E-state index contributed by atoms with van der Waals surface area (Å²) in [4.78, 5) is 23.9. The fourth-order valence-electron chi connectivity index (χ4n) is 3.35. The van der Waals surface area contributed by atoms with E-state index in [1.54, 1.807) is 6.07 Å². The van der Waals surface area contributed by atoms with Gasteiger partial charge in [0.15, 0.2) is 0 Å². The highest BCUT2D eigenvalue weighted by Gasteiger charge is 2.39. The van der Waals surface area contributed by atoms with E-state index >= 15 is 0 Å². The van der Waals surface area contributed by atoms with Crippen LogP contribution in [-0.2, 0) is 11.2 Å². The molecule has 2 unspecified atom stereocenters. The van der Waals surface area contributed by atoms with Crippen LogP contribution in [0.15, 0.2) is 70.5 Å². The van der Waals surface area contributed by atoms with Crippen LogP contribution in [0.3, 0.4) is 0 Å². The first-order valence-electron chi connectivity index (χ1n) is 7.73. The number of carboxylic acid groups (broad SMARTS) is 1. The third-order valence-corrected chi connectivity index (χ3v) is 5.71. The molecular weight excluding hydrogens is 322 g/mol. The Kier molecular flexibility index (Phi) is 3.65. The first kappa shape index (κ1) is 15.0. The summed E-state index contributed by atoms with van der Waals surface area (Å²) in [5.74, 6) is -0.959. The number of fused-ring (bicyclic) bond motifs is 2. The monoisotopic (exact) mass is 337 g/mol. The number of carboxylic acids is 1. The number of pyridine rings is 1. The van der Waals surface area contributed by atoms with E-state index in [0.29, 0.717) is 6.42 Å². The van der Waals surface area contributed by atoms with Gasteiger partial charge in [-0.15, -0.1) is 11.8 Å². The maximum atomic E-state index is 12.1. The number of aromatic nitrogens is 1. The average Bonchev–Trinajstić information content (AvgIpc) is 2.95. The first-order valence-corrected chi connectivity index (χ1v) is 8.61. The van der Waals surface area contributed by atoms with E-state index in [9.17, 15) is 14.7 Å². The third kappa shape index (κ3) is 2.41. The van der Waals surface area contributed by atoms with Crippen molar-refractivity contribution in [1.29, 1.82) is 0 Å². The van der Waals surface area contributed by atoms with Crippen LogP contribution in [0.1, 0.15) is 11.6 Å². The fraction of sp³-hybridized carbons (Fsp3) is 0.158. The molecule has 1 N–H and O–H groups in total. The largest absolute Gasteiger partial charge is 0.480 e. The molecule has 0 amide bonds. The van der Waals surface area contributed by atoms with E-state index in [2.05, 4.69) is 18.2 Å². The van der Waals surface area contributed by atoms with Crippen molar-refractivity contribution in [3.63, 3.8) is 0 Å². The highest BCUT2D eigenvalue weighted by molar-refractivity contribution is 8.00. The van der Waals surface area contributed by atoms with Gasteiger partial charge in [0.05, 0.1) is 5.03 Å². The van der Waals surface area contributed by atoms with Crippen molar-refractivity contribution < 1.29 is 9.90 Å². The molecule has 2 aromatic carbocycles. The second kappa shape index (κ2) is 5.83. The van der Waals surface area contributed by atoms with Crippen molar-refractivity contribution in [2.45, 2.75) is 22.7 Å². The Morgan fingerprint density at radius 3 is 2.62 bits per heavy atom. The summed E-state index contributed by atoms with van der Waals surface area (Å²) in [7, 11) is 0. The zero-order valence-electron chi connectivity index (χ0n) is 12.8. The molecule has 1 aromatic heterocycles. The number of carbonyl (C=O) groups is 1. The summed E-state index contributed by atoms with van der Waals surface area (Å²) >= 11 is 1.47. The quantitative estimate of drug-likeness (QED) is 0.796. The van der Waals surface area contributed by atoms with E-state index in [4.69, 9.17) is 0 Å². The molecule has 1 aliphatic rings. The Balaban J connectivity index is 1.76. The summed E-state index contributed by atoms with van der Waals surface area (Å²) in [6, 6.07) is 18.2. The van der Waals surface area contributed by atoms with Crippen molar-refractivity contribution >= 4 is 28.5 Å². The molecule has 1 aliphatic heterocycles. The Bertz CT molecular complexity index is 990. The lowest BCUT2D eigenvalue weighted by atomic mass is 9.98. The first-order chi connectivity index (χ1) is 11.6. The normalized spacial score (nSPS) is 19.3. The van der Waals surface area contributed by atoms with Crippen LogP contribution in [0.2, 0.25) is 0 Å². The SMILES string of the molecule is O=C(O)C1C(Cc2cccc3ccccc23)Sc2cccc(=O)n21. The van der Waals surface area contributed by atoms with Crippen LogP contribution in [0.25, 0.3) is 10.8 Å². The Hall–Kier alpha value is -2.53. The number of rotatable bonds is 3. The topological polar surface area (TPSA) is 59.3 Å². The molecule has 0 aliphatic carbocycles. The van der Waals surface area contributed by atoms with Gasteiger partial charge in [0.25, 0.3) is 5.56 Å². The van der Waals surface area contributed by atoms with Crippen LogP contribution in [0.5, 0.6) is 0 Å². The van der Waals surface area contributed by atoms with Gasteiger partial charge in [-0.05, 0) is 28.8 Å². The van der Waals surface area contributed by atoms with Crippen molar-refractivity contribution in [2.75, 3.05) is 0 Å². The van der Waals surface area contributed by atoms with E-state index in [-0.39, 0.29) is 10.8 Å². The molecular formula is C19H15NO3S. The Morgan fingerprint density at radius 2 is 1.79 bits per heavy atom. The third-order valence-electron chi connectivity index (χ3n) is 4.41. The number of hydrogen-bond acceptors (Lipinski definition) is 3. The number of nitrogens with zero attached hydrogens (tertiary/aromatic N) is 1. The summed E-state index contributed by atoms with van der Waals surface area (Å²) in [6.45, 7) is 0. The van der Waals surface area contributed by atoms with Gasteiger partial charge in [-0.25, -0.2) is 4.79 Å². The van der Waals surface area contributed by atoms with Crippen LogP contribution in [-0.4, -0.2) is 20.9 Å². The molecule has 120 valence electrons. The predicted octanol–water partition coefficient (Wildman–Crippen LogP) is 3.34. The second-order valence-corrected chi connectivity index (χ2v) is 7.11. The number of thioether (sulfide) groups is 1. The number of hydrogen-bond donors (Lipinski definition) is 1. The van der Waals surface area contributed by atoms with E-state index in [0.717, 1.165) is 21.4 Å². The molecule has 0 spiro atoms. The van der Waals surface area contributed by atoms with Gasteiger partial charge in [-0.1, -0.05) is 48.5 Å². The molecule has 24 heavy (non-hydrogen) atoms. The minimum Gasteiger partial charge on any atom is -0.480 e. The molecule has 0 bridgehead atoms. The maximum Gasteiger partial charge on any atom is 0.328 e. The van der Waals surface area contributed by atoms with Crippen molar-refractivity contribution in [3.05, 3.63) is 76.6 Å². The minimum absolute atomic E-state index is 0.205. The summed E-state index contributed by atoms with van der Waals surface area (Å²) in [5, 5.41) is 12.5. The smallest absolute Gasteiger partial charge is 0.328 e. The van der Waals surface area contributed by atoms with Gasteiger partial charge in [0.2, 0.25) is 0 Å². The van der Waals surface area contributed by atoms with Crippen LogP contribution in [0.4, 0.5) is 0 Å². The minimum atomic E-state index is -0.959. The molecule has 0 fully saturated rings. The van der Waals surface area contributed by atoms with Gasteiger partial charge in [0.1, 0.15) is 6.04 Å². The number of aliphatic carboxylic acids is 1. The molecule has 0 saturated heterocycles. The predicted molar refractivity (Wildman–Crippen MR) is 94.7 cm³/mol. The van der Waals surface area contributed by atoms with E-state index in [1.807, 2.05) is 30.3 Å². The molecule has 5 heteroatoms. The summed E-state index contributed by atoms with van der Waals surface area (Å²) < 4.78 is 1.41. The maximum absolute atomic E-state index is 12.1. The van der Waals surface area contributed by atoms with E-state index < -0.39 is 12.0 Å². The molecule has 2 atom stereocenters. The van der Waals surface area contributed by atoms with Gasteiger partial charge in [-0.3, -0.25) is 9.36 Å². The zero-order valence-corrected chi connectivity index (χ0v) is 13.6. The molecule has 4 nitrogen and oxygen atoms in total. The lowest BCUT2D eigenvalue weighted by molar-refractivity contribution is -0.141. The lowest BCUT2D eigenvalue weighted by Gasteiger charge is -2.17. The van der Waals surface area contributed by atoms with Gasteiger partial charge in [-0.2, -0.15) is 0 Å². The van der Waals surface area contributed by atoms with Gasteiger partial charge in [0, 0.05) is 11.3 Å². The van der Waals surface area contributed by atoms with Gasteiger partial charge >= 0.3 is 5.97 Å². The molecule has 4 rings (SSSR count). The van der Waals surface area contributed by atoms with Crippen LogP contribution in [0, 0.1) is 0 Å². The molecule has 0 radical (unpaired) electrons. The summed E-state index contributed by atoms with van der Waals surface area (Å²) in [5.41, 5.74) is 0.852. The highest BCUT2D eigenvalue weighted by atomic mass is 32.2. The van der Waals surface area contributed by atoms with E-state index in [1.165, 1.54) is 22.4 Å². The zero-order chi connectivity index (χ0) is 16.7. The van der Waals surface area contributed by atoms with Crippen molar-refractivity contribution in [1.82, 2.24) is 4.57 Å². The van der Waals surface area contributed by atoms with Crippen molar-refractivity contribution in [3.8, 4) is 0 Å². The highest BCUT2D eigenvalue weighted by Crippen LogP contribution is 2.41. The Morgan fingerprint density at radius 1 is 1.04 bits per heavy atom. The molecule has 0 saturated carbocycles. The second-order valence-electron chi connectivity index (χ2n) is 5.85. The van der Waals surface area contributed by atoms with Crippen LogP contribution >= 0.6 is 11.8 Å². The van der Waals surface area contributed by atoms with Crippen molar-refractivity contribution in [2.24, 2.45) is 0 Å². The average molecular weight is 337 g/mol. The van der Waals surface area contributed by atoms with Gasteiger partial charge < -0.3 is 5.11 Å². The summed E-state index contributed by atoms with van der Waals surface area (Å²) in [6.07, 6.45) is 0.601. The molecule has 3 aromatic rings. The lowest BCUT2D eigenvalue weighted by Crippen LogP contribution is -2.32. The fourth-order valence-corrected chi connectivity index (χ4v) is 4.76. The molecule has 2 heterocycles.